The number of piperidine rings is 1. The van der Waals surface area contributed by atoms with Gasteiger partial charge in [0.1, 0.15) is 5.82 Å². The van der Waals surface area contributed by atoms with Crippen LogP contribution in [-0.2, 0) is 0 Å². The molecule has 2 aliphatic rings. The normalized spacial score (nSPS) is 20.5. The molecule has 0 radical (unpaired) electrons. The van der Waals surface area contributed by atoms with E-state index in [1.165, 1.54) is 0 Å². The van der Waals surface area contributed by atoms with Crippen LogP contribution in [-0.4, -0.2) is 53.9 Å². The van der Waals surface area contributed by atoms with E-state index < -0.39 is 5.60 Å². The maximum absolute atomic E-state index is 10.5. The Kier molecular flexibility index (Phi) is 8.40. The van der Waals surface area contributed by atoms with Crippen molar-refractivity contribution in [2.75, 3.05) is 31.1 Å². The molecule has 0 spiro atoms. The van der Waals surface area contributed by atoms with Crippen molar-refractivity contribution in [2.45, 2.75) is 57.1 Å². The first-order valence-corrected chi connectivity index (χ1v) is 9.62. The van der Waals surface area contributed by atoms with E-state index in [-0.39, 0.29) is 24.0 Å². The van der Waals surface area contributed by atoms with Crippen molar-refractivity contribution in [3.05, 3.63) is 24.4 Å². The fraction of sp³-hybridized carbons (Fsp3) is 0.684. The first kappa shape index (κ1) is 21.2. The number of aliphatic imine (C=N–C) groups is 1. The number of rotatable bonds is 5. The molecule has 2 fully saturated rings. The highest BCUT2D eigenvalue weighted by molar-refractivity contribution is 14.0. The molecule has 1 aromatic heterocycles. The van der Waals surface area contributed by atoms with Gasteiger partial charge in [-0.1, -0.05) is 18.9 Å². The van der Waals surface area contributed by atoms with Crippen molar-refractivity contribution in [2.24, 2.45) is 4.99 Å². The van der Waals surface area contributed by atoms with Crippen molar-refractivity contribution in [1.82, 2.24) is 15.6 Å². The van der Waals surface area contributed by atoms with Crippen molar-refractivity contribution < 1.29 is 5.11 Å². The number of pyridine rings is 1. The summed E-state index contributed by atoms with van der Waals surface area (Å²) in [6.45, 7) is 5.40. The summed E-state index contributed by atoms with van der Waals surface area (Å²) < 4.78 is 0. The van der Waals surface area contributed by atoms with E-state index in [2.05, 4.69) is 38.5 Å². The summed E-state index contributed by atoms with van der Waals surface area (Å²) >= 11 is 0. The molecular weight excluding hydrogens is 441 g/mol. The molecule has 1 saturated heterocycles. The molecule has 0 unspecified atom stereocenters. The molecule has 146 valence electrons. The monoisotopic (exact) mass is 473 g/mol. The van der Waals surface area contributed by atoms with Gasteiger partial charge in [0.2, 0.25) is 0 Å². The Morgan fingerprint density at radius 1 is 1.31 bits per heavy atom. The maximum atomic E-state index is 10.5. The summed E-state index contributed by atoms with van der Waals surface area (Å²) in [4.78, 5) is 11.4. The van der Waals surface area contributed by atoms with Crippen LogP contribution in [0.3, 0.4) is 0 Å². The smallest absolute Gasteiger partial charge is 0.191 e. The van der Waals surface area contributed by atoms with Gasteiger partial charge >= 0.3 is 0 Å². The minimum absolute atomic E-state index is 0. The molecule has 1 aliphatic heterocycles. The molecule has 1 saturated carbocycles. The van der Waals surface area contributed by atoms with Crippen molar-refractivity contribution in [3.8, 4) is 0 Å². The minimum atomic E-state index is -0.593. The van der Waals surface area contributed by atoms with Gasteiger partial charge in [0, 0.05) is 31.9 Å². The fourth-order valence-electron chi connectivity index (χ4n) is 3.72. The van der Waals surface area contributed by atoms with E-state index in [0.29, 0.717) is 12.6 Å². The van der Waals surface area contributed by atoms with E-state index in [1.54, 1.807) is 0 Å². The second-order valence-corrected chi connectivity index (χ2v) is 7.22. The Hall–Kier alpha value is -1.09. The number of nitrogens with zero attached hydrogens (tertiary/aromatic N) is 3. The average Bonchev–Trinajstić information content (AvgIpc) is 3.08. The number of nitrogens with one attached hydrogen (secondary N) is 2. The van der Waals surface area contributed by atoms with Gasteiger partial charge in [-0.3, -0.25) is 4.99 Å². The molecule has 6 nitrogen and oxygen atoms in total. The highest BCUT2D eigenvalue weighted by Gasteiger charge is 2.31. The van der Waals surface area contributed by atoms with Crippen LogP contribution in [0.15, 0.2) is 29.4 Å². The van der Waals surface area contributed by atoms with Crippen LogP contribution in [0, 0.1) is 0 Å². The van der Waals surface area contributed by atoms with E-state index in [1.807, 2.05) is 18.3 Å². The van der Waals surface area contributed by atoms with Crippen LogP contribution < -0.4 is 15.5 Å². The van der Waals surface area contributed by atoms with Crippen molar-refractivity contribution in [1.29, 1.82) is 0 Å². The standard InChI is InChI=1S/C19H31N5O.HI/c1-2-20-18(22-15-19(25)10-4-5-11-19)23-16-8-13-24(14-9-16)17-7-3-6-12-21-17;/h3,6-7,12,16,25H,2,4-5,8-11,13-15H2,1H3,(H2,20,22,23);1H. The predicted molar refractivity (Wildman–Crippen MR) is 117 cm³/mol. The summed E-state index contributed by atoms with van der Waals surface area (Å²) in [5, 5.41) is 17.4. The van der Waals surface area contributed by atoms with E-state index in [9.17, 15) is 5.11 Å². The molecule has 7 heteroatoms. The first-order valence-electron chi connectivity index (χ1n) is 9.62. The third kappa shape index (κ3) is 5.97. The molecule has 0 bridgehead atoms. The lowest BCUT2D eigenvalue weighted by molar-refractivity contribution is 0.0574. The Morgan fingerprint density at radius 2 is 2.04 bits per heavy atom. The summed E-state index contributed by atoms with van der Waals surface area (Å²) in [5.74, 6) is 1.89. The molecule has 3 rings (SSSR count). The highest BCUT2D eigenvalue weighted by Crippen LogP contribution is 2.29. The number of halogens is 1. The number of hydrogen-bond acceptors (Lipinski definition) is 4. The highest BCUT2D eigenvalue weighted by atomic mass is 127. The molecule has 1 aromatic rings. The molecule has 26 heavy (non-hydrogen) atoms. The Labute approximate surface area is 173 Å². The fourth-order valence-corrected chi connectivity index (χ4v) is 3.72. The van der Waals surface area contributed by atoms with Gasteiger partial charge in [0.05, 0.1) is 12.1 Å². The minimum Gasteiger partial charge on any atom is -0.388 e. The summed E-state index contributed by atoms with van der Waals surface area (Å²) in [5.41, 5.74) is -0.593. The lowest BCUT2D eigenvalue weighted by atomic mass is 10.0. The van der Waals surface area contributed by atoms with E-state index >= 15 is 0 Å². The third-order valence-electron chi connectivity index (χ3n) is 5.22. The molecule has 0 atom stereocenters. The molecule has 0 aromatic carbocycles. The van der Waals surface area contributed by atoms with E-state index in [0.717, 1.165) is 69.9 Å². The molecular formula is C19H32IN5O. The summed E-state index contributed by atoms with van der Waals surface area (Å²) in [6, 6.07) is 6.48. The summed E-state index contributed by atoms with van der Waals surface area (Å²) in [7, 11) is 0. The molecule has 3 N–H and O–H groups in total. The van der Waals surface area contributed by atoms with Gasteiger partial charge in [-0.15, -0.1) is 24.0 Å². The van der Waals surface area contributed by atoms with Crippen molar-refractivity contribution in [3.63, 3.8) is 0 Å². The topological polar surface area (TPSA) is 72.8 Å². The maximum Gasteiger partial charge on any atom is 0.191 e. The van der Waals surface area contributed by atoms with Crippen LogP contribution in [0.25, 0.3) is 0 Å². The quantitative estimate of drug-likeness (QED) is 0.348. The molecule has 2 heterocycles. The van der Waals surface area contributed by atoms with Crippen LogP contribution in [0.2, 0.25) is 0 Å². The predicted octanol–water partition coefficient (Wildman–Crippen LogP) is 2.53. The van der Waals surface area contributed by atoms with Crippen LogP contribution in [0.4, 0.5) is 5.82 Å². The number of anilines is 1. The zero-order valence-electron chi connectivity index (χ0n) is 15.7. The number of aromatic nitrogens is 1. The molecule has 1 aliphatic carbocycles. The van der Waals surface area contributed by atoms with Crippen LogP contribution in [0.1, 0.15) is 45.4 Å². The second kappa shape index (κ2) is 10.3. The Balaban J connectivity index is 0.00000243. The number of hydrogen-bond donors (Lipinski definition) is 3. The number of guanidine groups is 1. The lowest BCUT2D eigenvalue weighted by Gasteiger charge is -2.34. The van der Waals surface area contributed by atoms with Gasteiger partial charge in [-0.05, 0) is 44.7 Å². The van der Waals surface area contributed by atoms with Gasteiger partial charge in [-0.2, -0.15) is 0 Å². The van der Waals surface area contributed by atoms with Crippen molar-refractivity contribution >= 4 is 35.8 Å². The number of aliphatic hydroxyl groups is 1. The first-order chi connectivity index (χ1) is 12.2. The zero-order valence-corrected chi connectivity index (χ0v) is 18.0. The Morgan fingerprint density at radius 3 is 2.65 bits per heavy atom. The van der Waals surface area contributed by atoms with Gasteiger partial charge in [0.15, 0.2) is 5.96 Å². The molecule has 0 amide bonds. The van der Waals surface area contributed by atoms with E-state index in [4.69, 9.17) is 0 Å². The van der Waals surface area contributed by atoms with Crippen LogP contribution in [0.5, 0.6) is 0 Å². The SMILES string of the molecule is CCNC(=NCC1(O)CCCC1)NC1CCN(c2ccccn2)CC1.I. The van der Waals surface area contributed by atoms with Gasteiger partial charge < -0.3 is 20.6 Å². The van der Waals surface area contributed by atoms with Crippen LogP contribution >= 0.6 is 24.0 Å². The zero-order chi connectivity index (χ0) is 17.5. The van der Waals surface area contributed by atoms with Gasteiger partial charge in [-0.25, -0.2) is 4.98 Å². The Bertz CT molecular complexity index is 554. The summed E-state index contributed by atoms with van der Waals surface area (Å²) in [6.07, 6.45) is 7.94. The lowest BCUT2D eigenvalue weighted by Crippen LogP contribution is -2.49. The van der Waals surface area contributed by atoms with Gasteiger partial charge in [0.25, 0.3) is 0 Å². The largest absolute Gasteiger partial charge is 0.388 e. The second-order valence-electron chi connectivity index (χ2n) is 7.22. The average molecular weight is 473 g/mol. The third-order valence-corrected chi connectivity index (χ3v) is 5.22.